The van der Waals surface area contributed by atoms with E-state index < -0.39 is 0 Å². The summed E-state index contributed by atoms with van der Waals surface area (Å²) in [6.45, 7) is 2.36. The summed E-state index contributed by atoms with van der Waals surface area (Å²) >= 11 is 1.42. The Hall–Kier alpha value is -3.38. The number of amides is 2. The summed E-state index contributed by atoms with van der Waals surface area (Å²) < 4.78 is 14.5. The second-order valence-electron chi connectivity index (χ2n) is 12.7. The number of nitrogens with one attached hydrogen (secondary N) is 1. The van der Waals surface area contributed by atoms with Crippen molar-refractivity contribution in [3.8, 4) is 0 Å². The molecule has 3 aromatic rings. The number of thioether (sulfide) groups is 1. The van der Waals surface area contributed by atoms with E-state index in [1.165, 1.54) is 56.4 Å². The van der Waals surface area contributed by atoms with E-state index in [2.05, 4.69) is 12.2 Å². The van der Waals surface area contributed by atoms with Crippen LogP contribution in [0.4, 0.5) is 10.1 Å². The first-order valence-corrected chi connectivity index (χ1v) is 15.6. The largest absolute Gasteiger partial charge is 0.349 e. The molecule has 41 heavy (non-hydrogen) atoms. The van der Waals surface area contributed by atoms with Gasteiger partial charge in [0.1, 0.15) is 5.82 Å². The molecule has 4 nitrogen and oxygen atoms in total. The highest BCUT2D eigenvalue weighted by Gasteiger charge is 2.53. The smallest absolute Gasteiger partial charge is 0.265 e. The molecular formula is C35H35FN2O2S. The van der Waals surface area contributed by atoms with Gasteiger partial charge in [-0.05, 0) is 111 Å². The van der Waals surface area contributed by atoms with Crippen LogP contribution in [0.1, 0.15) is 66.9 Å². The summed E-state index contributed by atoms with van der Waals surface area (Å²) in [5, 5.41) is 3.36. The van der Waals surface area contributed by atoms with E-state index in [1.54, 1.807) is 23.1 Å². The normalized spacial score (nSPS) is 28.0. The first-order chi connectivity index (χ1) is 19.9. The number of fused-ring (bicyclic) bond motifs is 1. The van der Waals surface area contributed by atoms with Crippen LogP contribution >= 0.6 is 11.8 Å². The molecule has 0 unspecified atom stereocenters. The molecule has 1 atom stereocenters. The van der Waals surface area contributed by atoms with Gasteiger partial charge in [-0.25, -0.2) is 4.39 Å². The van der Waals surface area contributed by atoms with Gasteiger partial charge >= 0.3 is 0 Å². The predicted molar refractivity (Wildman–Crippen MR) is 162 cm³/mol. The van der Waals surface area contributed by atoms with Crippen LogP contribution in [-0.2, 0) is 11.3 Å². The fourth-order valence-corrected chi connectivity index (χ4v) is 9.30. The number of hydrogen-bond acceptors (Lipinski definition) is 3. The molecule has 1 aliphatic heterocycles. The minimum absolute atomic E-state index is 0.0273. The average molecular weight is 567 g/mol. The zero-order valence-electron chi connectivity index (χ0n) is 23.3. The van der Waals surface area contributed by atoms with Crippen molar-refractivity contribution in [3.63, 3.8) is 0 Å². The van der Waals surface area contributed by atoms with E-state index in [4.69, 9.17) is 0 Å². The lowest BCUT2D eigenvalue weighted by Crippen LogP contribution is -2.55. The highest BCUT2D eigenvalue weighted by molar-refractivity contribution is 8.04. The van der Waals surface area contributed by atoms with Crippen LogP contribution in [0.15, 0.2) is 82.6 Å². The van der Waals surface area contributed by atoms with Gasteiger partial charge in [-0.1, -0.05) is 54.2 Å². The Labute approximate surface area is 245 Å². The van der Waals surface area contributed by atoms with E-state index in [0.29, 0.717) is 16.0 Å². The number of halogens is 1. The van der Waals surface area contributed by atoms with Gasteiger partial charge in [0.05, 0.1) is 17.1 Å². The predicted octanol–water partition coefficient (Wildman–Crippen LogP) is 7.84. The lowest BCUT2D eigenvalue weighted by Gasteiger charge is -2.59. The summed E-state index contributed by atoms with van der Waals surface area (Å²) in [5.41, 5.74) is 3.00. The highest BCUT2D eigenvalue weighted by Crippen LogP contribution is 2.61. The quantitative estimate of drug-likeness (QED) is 0.309. The van der Waals surface area contributed by atoms with Crippen LogP contribution in [0.3, 0.4) is 0 Å². The summed E-state index contributed by atoms with van der Waals surface area (Å²) in [4.78, 5) is 30.0. The van der Waals surface area contributed by atoms with E-state index in [1.807, 2.05) is 54.6 Å². The summed E-state index contributed by atoms with van der Waals surface area (Å²) in [5.74, 6) is 2.03. The zero-order chi connectivity index (χ0) is 28.1. The molecule has 4 saturated carbocycles. The Morgan fingerprint density at radius 3 is 2.29 bits per heavy atom. The van der Waals surface area contributed by atoms with E-state index in [-0.39, 0.29) is 35.6 Å². The molecule has 8 rings (SSSR count). The van der Waals surface area contributed by atoms with E-state index in [0.717, 1.165) is 33.9 Å². The summed E-state index contributed by atoms with van der Waals surface area (Å²) in [6.07, 6.45) is 9.82. The summed E-state index contributed by atoms with van der Waals surface area (Å²) in [6, 6.07) is 21.9. The molecule has 0 radical (unpaired) electrons. The fourth-order valence-electron chi connectivity index (χ4n) is 8.24. The van der Waals surface area contributed by atoms with Gasteiger partial charge in [0.15, 0.2) is 0 Å². The molecule has 0 aromatic heterocycles. The number of benzene rings is 3. The van der Waals surface area contributed by atoms with Gasteiger partial charge in [-0.2, -0.15) is 0 Å². The second-order valence-corrected chi connectivity index (χ2v) is 13.7. The first-order valence-electron chi connectivity index (χ1n) is 14.8. The Morgan fingerprint density at radius 1 is 0.976 bits per heavy atom. The molecule has 1 N–H and O–H groups in total. The SMILES string of the molecule is C[C@@H](NC(=O)c1ccc(/C=C2/Sc3ccccc3N(Cc3ccccc3F)C2=O)cc1)C12CC3CC(CC(C3)C1)C2. The van der Waals surface area contributed by atoms with Gasteiger partial charge < -0.3 is 10.2 Å². The minimum atomic E-state index is -0.326. The van der Waals surface area contributed by atoms with Gasteiger partial charge in [-0.3, -0.25) is 9.59 Å². The van der Waals surface area contributed by atoms with E-state index in [9.17, 15) is 14.0 Å². The van der Waals surface area contributed by atoms with Crippen LogP contribution in [0.5, 0.6) is 0 Å². The van der Waals surface area contributed by atoms with Crippen LogP contribution < -0.4 is 10.2 Å². The van der Waals surface area contributed by atoms with Crippen LogP contribution in [-0.4, -0.2) is 17.9 Å². The number of para-hydroxylation sites is 1. The maximum Gasteiger partial charge on any atom is 0.265 e. The molecular weight excluding hydrogens is 531 g/mol. The van der Waals surface area contributed by atoms with Crippen LogP contribution in [0, 0.1) is 29.0 Å². The molecule has 3 aromatic carbocycles. The van der Waals surface area contributed by atoms with Gasteiger partial charge in [0, 0.05) is 22.1 Å². The van der Waals surface area contributed by atoms with Crippen molar-refractivity contribution in [1.82, 2.24) is 5.32 Å². The first kappa shape index (κ1) is 26.5. The molecule has 6 heteroatoms. The van der Waals surface area contributed by atoms with Gasteiger partial charge in [-0.15, -0.1) is 0 Å². The third kappa shape index (κ3) is 5.01. The summed E-state index contributed by atoms with van der Waals surface area (Å²) in [7, 11) is 0. The standard InChI is InChI=1S/C35H35FN2O2S/c1-22(35-18-24-14-25(19-35)16-26(15-24)20-35)37-33(39)27-12-10-23(11-13-27)17-32-34(40)38(21-28-6-2-3-7-29(28)36)30-8-4-5-9-31(30)41-32/h2-13,17,22,24-26H,14-16,18-21H2,1H3,(H,37,39)/b32-17+/t22-,24?,25?,26?,35?/m1/s1. The van der Waals surface area contributed by atoms with Crippen molar-refractivity contribution in [2.75, 3.05) is 4.90 Å². The lowest BCUT2D eigenvalue weighted by molar-refractivity contribution is -0.114. The third-order valence-corrected chi connectivity index (χ3v) is 11.0. The Balaban J connectivity index is 1.08. The highest BCUT2D eigenvalue weighted by atomic mass is 32.2. The van der Waals surface area contributed by atoms with Crippen molar-refractivity contribution in [1.29, 1.82) is 0 Å². The van der Waals surface area contributed by atoms with Crippen molar-refractivity contribution in [2.45, 2.75) is 62.9 Å². The number of carbonyl (C=O) groups excluding carboxylic acids is 2. The monoisotopic (exact) mass is 566 g/mol. The number of carbonyl (C=O) groups is 2. The van der Waals surface area contributed by atoms with E-state index >= 15 is 0 Å². The molecule has 1 heterocycles. The maximum atomic E-state index is 14.5. The molecule has 4 aliphatic carbocycles. The minimum Gasteiger partial charge on any atom is -0.349 e. The maximum absolute atomic E-state index is 14.5. The number of rotatable bonds is 6. The van der Waals surface area contributed by atoms with Crippen molar-refractivity contribution >= 4 is 35.3 Å². The molecule has 4 fully saturated rings. The number of hydrogen-bond donors (Lipinski definition) is 1. The van der Waals surface area contributed by atoms with Crippen LogP contribution in [0.2, 0.25) is 0 Å². The molecule has 2 amide bonds. The third-order valence-electron chi connectivity index (χ3n) is 9.94. The molecule has 4 bridgehead atoms. The Morgan fingerprint density at radius 2 is 1.61 bits per heavy atom. The molecule has 5 aliphatic rings. The van der Waals surface area contributed by atoms with Crippen molar-refractivity contribution in [2.24, 2.45) is 23.2 Å². The second kappa shape index (κ2) is 10.5. The molecule has 0 spiro atoms. The Kier molecular flexibility index (Phi) is 6.77. The van der Waals surface area contributed by atoms with Crippen molar-refractivity contribution < 1.29 is 14.0 Å². The topological polar surface area (TPSA) is 49.4 Å². The van der Waals surface area contributed by atoms with Gasteiger partial charge in [0.25, 0.3) is 11.8 Å². The average Bonchev–Trinajstić information content (AvgIpc) is 2.96. The molecule has 0 saturated heterocycles. The zero-order valence-corrected chi connectivity index (χ0v) is 24.1. The van der Waals surface area contributed by atoms with Crippen LogP contribution in [0.25, 0.3) is 6.08 Å². The lowest BCUT2D eigenvalue weighted by atomic mass is 9.48. The number of anilines is 1. The number of nitrogens with zero attached hydrogens (tertiary/aromatic N) is 1. The van der Waals surface area contributed by atoms with Crippen molar-refractivity contribution in [3.05, 3.63) is 100 Å². The molecule has 210 valence electrons. The van der Waals surface area contributed by atoms with Gasteiger partial charge in [0.2, 0.25) is 0 Å². The Bertz CT molecular complexity index is 1500. The fraction of sp³-hybridized carbons (Fsp3) is 0.371.